The molecule has 32 heavy (non-hydrogen) atoms. The summed E-state index contributed by atoms with van der Waals surface area (Å²) in [4.78, 5) is 12.9. The molecule has 3 aliphatic carbocycles. The van der Waals surface area contributed by atoms with E-state index in [1.807, 2.05) is 0 Å². The van der Waals surface area contributed by atoms with E-state index in [-0.39, 0.29) is 18.0 Å². The first-order chi connectivity index (χ1) is 15.6. The van der Waals surface area contributed by atoms with Crippen molar-refractivity contribution in [3.8, 4) is 0 Å². The average molecular weight is 447 g/mol. The maximum Gasteiger partial charge on any atom is 0.309 e. The van der Waals surface area contributed by atoms with E-state index in [9.17, 15) is 4.79 Å². The summed E-state index contributed by atoms with van der Waals surface area (Å²) in [6.45, 7) is 7.12. The van der Waals surface area contributed by atoms with E-state index in [1.54, 1.807) is 0 Å². The zero-order chi connectivity index (χ0) is 22.8. The lowest BCUT2D eigenvalue weighted by Gasteiger charge is -2.41. The maximum atomic E-state index is 12.9. The zero-order valence-electron chi connectivity index (χ0n) is 21.8. The van der Waals surface area contributed by atoms with Crippen LogP contribution >= 0.6 is 0 Å². The third-order valence-corrected chi connectivity index (χ3v) is 9.56. The third-order valence-electron chi connectivity index (χ3n) is 9.56. The number of carbonyl (C=O) groups excluding carboxylic acids is 1. The van der Waals surface area contributed by atoms with Gasteiger partial charge in [0.15, 0.2) is 0 Å². The smallest absolute Gasteiger partial charge is 0.309 e. The predicted molar refractivity (Wildman–Crippen MR) is 136 cm³/mol. The van der Waals surface area contributed by atoms with Crippen LogP contribution < -0.4 is 0 Å². The Morgan fingerprint density at radius 3 is 1.91 bits per heavy atom. The highest BCUT2D eigenvalue weighted by molar-refractivity contribution is 5.72. The van der Waals surface area contributed by atoms with Gasteiger partial charge in [0.1, 0.15) is 6.10 Å². The molecule has 3 saturated carbocycles. The van der Waals surface area contributed by atoms with Crippen molar-refractivity contribution in [2.24, 2.45) is 35.5 Å². The number of esters is 1. The van der Waals surface area contributed by atoms with Crippen LogP contribution in [0.25, 0.3) is 0 Å². The Bertz CT molecular complexity index is 513. The van der Waals surface area contributed by atoms with Crippen molar-refractivity contribution in [3.05, 3.63) is 0 Å². The van der Waals surface area contributed by atoms with Crippen LogP contribution in [0, 0.1) is 35.5 Å². The van der Waals surface area contributed by atoms with Gasteiger partial charge in [0.05, 0.1) is 5.92 Å². The Morgan fingerprint density at radius 2 is 1.31 bits per heavy atom. The zero-order valence-corrected chi connectivity index (χ0v) is 21.8. The first-order valence-corrected chi connectivity index (χ1v) is 14.8. The van der Waals surface area contributed by atoms with Gasteiger partial charge in [-0.1, -0.05) is 78.6 Å². The Kier molecular flexibility index (Phi) is 11.4. The molecule has 0 aromatic carbocycles. The van der Waals surface area contributed by atoms with E-state index >= 15 is 0 Å². The molecule has 3 atom stereocenters. The van der Waals surface area contributed by atoms with E-state index in [0.717, 1.165) is 55.3 Å². The molecule has 0 unspecified atom stereocenters. The van der Waals surface area contributed by atoms with Crippen LogP contribution in [0.3, 0.4) is 0 Å². The first-order valence-electron chi connectivity index (χ1n) is 14.8. The summed E-state index contributed by atoms with van der Waals surface area (Å²) in [6.07, 6.45) is 25.1. The quantitative estimate of drug-likeness (QED) is 0.233. The van der Waals surface area contributed by atoms with E-state index in [4.69, 9.17) is 4.74 Å². The molecule has 0 N–H and O–H groups in total. The number of unbranched alkanes of at least 4 members (excludes halogenated alkanes) is 4. The number of hydrogen-bond acceptors (Lipinski definition) is 2. The van der Waals surface area contributed by atoms with Crippen LogP contribution in [-0.2, 0) is 9.53 Å². The fraction of sp³-hybridized carbons (Fsp3) is 0.967. The summed E-state index contributed by atoms with van der Waals surface area (Å²) in [6, 6.07) is 0. The van der Waals surface area contributed by atoms with Gasteiger partial charge < -0.3 is 4.74 Å². The van der Waals surface area contributed by atoms with Crippen LogP contribution in [0.15, 0.2) is 0 Å². The highest BCUT2D eigenvalue weighted by atomic mass is 16.5. The minimum Gasteiger partial charge on any atom is -0.462 e. The molecule has 0 spiro atoms. The van der Waals surface area contributed by atoms with Crippen molar-refractivity contribution in [1.29, 1.82) is 0 Å². The van der Waals surface area contributed by atoms with Gasteiger partial charge in [-0.25, -0.2) is 0 Å². The monoisotopic (exact) mass is 446 g/mol. The predicted octanol–water partition coefficient (Wildman–Crippen LogP) is 9.11. The largest absolute Gasteiger partial charge is 0.462 e. The first kappa shape index (κ1) is 26.1. The maximum absolute atomic E-state index is 12.9. The molecule has 0 aromatic rings. The molecule has 2 nitrogen and oxygen atoms in total. The van der Waals surface area contributed by atoms with Crippen LogP contribution in [0.5, 0.6) is 0 Å². The topological polar surface area (TPSA) is 26.3 Å². The number of ether oxygens (including phenoxy) is 1. The Hall–Kier alpha value is -0.530. The summed E-state index contributed by atoms with van der Waals surface area (Å²) in [5.74, 6) is 4.87. The van der Waals surface area contributed by atoms with E-state index < -0.39 is 0 Å². The Morgan fingerprint density at radius 1 is 0.719 bits per heavy atom. The lowest BCUT2D eigenvalue weighted by Crippen LogP contribution is -2.34. The highest BCUT2D eigenvalue weighted by Gasteiger charge is 2.37. The summed E-state index contributed by atoms with van der Waals surface area (Å²) in [7, 11) is 0. The number of hydrogen-bond donors (Lipinski definition) is 0. The second-order valence-electron chi connectivity index (χ2n) is 12.0. The van der Waals surface area contributed by atoms with E-state index in [0.29, 0.717) is 0 Å². The van der Waals surface area contributed by atoms with Crippen molar-refractivity contribution in [2.75, 3.05) is 0 Å². The molecule has 0 aliphatic heterocycles. The van der Waals surface area contributed by atoms with Crippen molar-refractivity contribution >= 4 is 5.97 Å². The lowest BCUT2D eigenvalue weighted by molar-refractivity contribution is -0.157. The van der Waals surface area contributed by atoms with Gasteiger partial charge in [-0.2, -0.15) is 0 Å². The van der Waals surface area contributed by atoms with Gasteiger partial charge in [0.25, 0.3) is 0 Å². The molecule has 2 heteroatoms. The lowest BCUT2D eigenvalue weighted by atomic mass is 9.64. The van der Waals surface area contributed by atoms with Crippen LogP contribution in [0.4, 0.5) is 0 Å². The molecular weight excluding hydrogens is 392 g/mol. The summed E-state index contributed by atoms with van der Waals surface area (Å²) in [5, 5.41) is 0. The SMILES string of the molecule is CCCCCC1CCC(OC(=O)C2CCC([C@@H]3CC[C@H](CCCCC)C[C@H]3C)CC2)CC1. The van der Waals surface area contributed by atoms with Crippen LogP contribution in [-0.4, -0.2) is 12.1 Å². The highest BCUT2D eigenvalue weighted by Crippen LogP contribution is 2.45. The summed E-state index contributed by atoms with van der Waals surface area (Å²) in [5.41, 5.74) is 0. The average Bonchev–Trinajstić information content (AvgIpc) is 2.81. The van der Waals surface area contributed by atoms with Gasteiger partial charge in [0, 0.05) is 0 Å². The van der Waals surface area contributed by atoms with Gasteiger partial charge in [-0.3, -0.25) is 4.79 Å². The third kappa shape index (κ3) is 8.05. The molecule has 0 radical (unpaired) electrons. The van der Waals surface area contributed by atoms with E-state index in [2.05, 4.69) is 20.8 Å². The van der Waals surface area contributed by atoms with Crippen molar-refractivity contribution in [2.45, 2.75) is 149 Å². The molecule has 0 amide bonds. The van der Waals surface area contributed by atoms with Crippen LogP contribution in [0.1, 0.15) is 143 Å². The second-order valence-corrected chi connectivity index (χ2v) is 12.0. The Labute approximate surface area is 200 Å². The van der Waals surface area contributed by atoms with Gasteiger partial charge >= 0.3 is 5.97 Å². The summed E-state index contributed by atoms with van der Waals surface area (Å²) >= 11 is 0. The number of carbonyl (C=O) groups is 1. The standard InChI is InChI=1S/C30H54O2/c1-4-6-8-10-24-12-19-28(20-13-24)32-30(31)27-17-15-26(16-18-27)29-21-14-25(22-23(29)3)11-9-7-5-2/h23-29H,4-22H2,1-3H3/t23-,24?,25+,26?,27?,28?,29-/m1/s1. The molecule has 3 rings (SSSR count). The molecule has 0 bridgehead atoms. The molecule has 0 saturated heterocycles. The molecule has 3 aliphatic rings. The van der Waals surface area contributed by atoms with Gasteiger partial charge in [-0.15, -0.1) is 0 Å². The minimum absolute atomic E-state index is 0.144. The minimum atomic E-state index is 0.144. The van der Waals surface area contributed by atoms with E-state index in [1.165, 1.54) is 96.3 Å². The van der Waals surface area contributed by atoms with Crippen LogP contribution in [0.2, 0.25) is 0 Å². The van der Waals surface area contributed by atoms with Crippen molar-refractivity contribution < 1.29 is 9.53 Å². The van der Waals surface area contributed by atoms with Crippen molar-refractivity contribution in [1.82, 2.24) is 0 Å². The van der Waals surface area contributed by atoms with Crippen molar-refractivity contribution in [3.63, 3.8) is 0 Å². The molecule has 186 valence electrons. The molecular formula is C30H54O2. The van der Waals surface area contributed by atoms with Gasteiger partial charge in [0.2, 0.25) is 0 Å². The fourth-order valence-corrected chi connectivity index (χ4v) is 7.44. The summed E-state index contributed by atoms with van der Waals surface area (Å²) < 4.78 is 6.03. The molecule has 0 aromatic heterocycles. The Balaban J connectivity index is 1.32. The number of rotatable bonds is 11. The van der Waals surface area contributed by atoms with Gasteiger partial charge in [-0.05, 0) is 93.8 Å². The second kappa shape index (κ2) is 14.0. The molecule has 3 fully saturated rings. The fourth-order valence-electron chi connectivity index (χ4n) is 7.44. The normalized spacial score (nSPS) is 36.0. The molecule has 0 heterocycles.